The number of carbonyl (C=O) groups is 1. The summed E-state index contributed by atoms with van der Waals surface area (Å²) < 4.78 is 10.9. The van der Waals surface area contributed by atoms with E-state index in [1.165, 1.54) is 35.4 Å². The SMILES string of the molecule is COc1cc2c(cc1OC)C1CC(NC(=O)c3ccc([N+](=O)[O-])cc3)CCN1CC2. The van der Waals surface area contributed by atoms with Crippen molar-refractivity contribution in [1.82, 2.24) is 10.2 Å². The molecule has 8 heteroatoms. The first-order valence-corrected chi connectivity index (χ1v) is 10.0. The Morgan fingerprint density at radius 2 is 1.83 bits per heavy atom. The summed E-state index contributed by atoms with van der Waals surface area (Å²) >= 11 is 0. The van der Waals surface area contributed by atoms with E-state index in [4.69, 9.17) is 9.47 Å². The van der Waals surface area contributed by atoms with Gasteiger partial charge >= 0.3 is 0 Å². The molecule has 8 nitrogen and oxygen atoms in total. The zero-order valence-electron chi connectivity index (χ0n) is 17.1. The van der Waals surface area contributed by atoms with Crippen LogP contribution < -0.4 is 14.8 Å². The summed E-state index contributed by atoms with van der Waals surface area (Å²) in [6.45, 7) is 1.89. The minimum Gasteiger partial charge on any atom is -0.493 e. The fraction of sp³-hybridized carbons (Fsp3) is 0.409. The number of hydrogen-bond donors (Lipinski definition) is 1. The van der Waals surface area contributed by atoms with E-state index in [9.17, 15) is 14.9 Å². The molecule has 158 valence electrons. The van der Waals surface area contributed by atoms with Gasteiger partial charge in [0, 0.05) is 42.9 Å². The lowest BCUT2D eigenvalue weighted by atomic mass is 9.84. The number of benzene rings is 2. The maximum absolute atomic E-state index is 12.7. The van der Waals surface area contributed by atoms with Gasteiger partial charge < -0.3 is 14.8 Å². The molecule has 1 fully saturated rings. The quantitative estimate of drug-likeness (QED) is 0.600. The third-order valence-corrected chi connectivity index (χ3v) is 6.06. The van der Waals surface area contributed by atoms with Gasteiger partial charge in [-0.15, -0.1) is 0 Å². The molecule has 0 aliphatic carbocycles. The number of amides is 1. The maximum atomic E-state index is 12.7. The summed E-state index contributed by atoms with van der Waals surface area (Å²) in [6.07, 6.45) is 2.64. The van der Waals surface area contributed by atoms with Gasteiger partial charge in [-0.1, -0.05) is 0 Å². The maximum Gasteiger partial charge on any atom is 0.269 e. The molecule has 2 aromatic carbocycles. The first-order chi connectivity index (χ1) is 14.5. The zero-order chi connectivity index (χ0) is 21.3. The van der Waals surface area contributed by atoms with Crippen LogP contribution in [0.15, 0.2) is 36.4 Å². The average molecular weight is 411 g/mol. The lowest BCUT2D eigenvalue weighted by Crippen LogP contribution is -2.48. The topological polar surface area (TPSA) is 93.9 Å². The van der Waals surface area contributed by atoms with Crippen molar-refractivity contribution in [3.8, 4) is 11.5 Å². The summed E-state index contributed by atoms with van der Waals surface area (Å²) in [6, 6.07) is 10.1. The molecule has 2 aromatic rings. The Balaban J connectivity index is 1.50. The molecule has 4 rings (SSSR count). The summed E-state index contributed by atoms with van der Waals surface area (Å²) in [5.74, 6) is 1.25. The minimum absolute atomic E-state index is 0.0250. The number of fused-ring (bicyclic) bond motifs is 3. The molecule has 0 saturated carbocycles. The molecule has 0 spiro atoms. The van der Waals surface area contributed by atoms with Crippen LogP contribution in [0.1, 0.15) is 40.4 Å². The fourth-order valence-electron chi connectivity index (χ4n) is 4.47. The van der Waals surface area contributed by atoms with Crippen LogP contribution in [0, 0.1) is 10.1 Å². The van der Waals surface area contributed by atoms with Gasteiger partial charge in [-0.3, -0.25) is 19.8 Å². The molecule has 2 unspecified atom stereocenters. The van der Waals surface area contributed by atoms with Crippen LogP contribution in [0.4, 0.5) is 5.69 Å². The largest absolute Gasteiger partial charge is 0.493 e. The minimum atomic E-state index is -0.471. The molecule has 1 N–H and O–H groups in total. The lowest BCUT2D eigenvalue weighted by Gasteiger charge is -2.43. The monoisotopic (exact) mass is 411 g/mol. The van der Waals surface area contributed by atoms with E-state index < -0.39 is 4.92 Å². The summed E-state index contributed by atoms with van der Waals surface area (Å²) in [5, 5.41) is 13.9. The standard InChI is InChI=1S/C22H25N3O5/c1-29-20-11-15-7-9-24-10-8-16(12-19(24)18(15)13-21(20)30-2)23-22(26)14-3-5-17(6-4-14)25(27)28/h3-6,11,13,16,19H,7-10,12H2,1-2H3,(H,23,26). The van der Waals surface area contributed by atoms with Crippen LogP contribution >= 0.6 is 0 Å². The lowest BCUT2D eigenvalue weighted by molar-refractivity contribution is -0.384. The van der Waals surface area contributed by atoms with Gasteiger partial charge in [0.25, 0.3) is 11.6 Å². The molecular formula is C22H25N3O5. The van der Waals surface area contributed by atoms with Gasteiger partial charge in [0.2, 0.25) is 0 Å². The van der Waals surface area contributed by atoms with Crippen molar-refractivity contribution in [2.45, 2.75) is 31.3 Å². The number of non-ortho nitro benzene ring substituents is 1. The van der Waals surface area contributed by atoms with E-state index in [2.05, 4.69) is 22.3 Å². The number of nitro groups is 1. The number of nitro benzene ring substituents is 1. The van der Waals surface area contributed by atoms with Crippen LogP contribution in [0.2, 0.25) is 0 Å². The molecule has 30 heavy (non-hydrogen) atoms. The molecule has 0 radical (unpaired) electrons. The Labute approximate surface area is 174 Å². The van der Waals surface area contributed by atoms with Crippen molar-refractivity contribution in [3.05, 3.63) is 63.2 Å². The Kier molecular flexibility index (Phi) is 5.59. The molecule has 2 atom stereocenters. The summed E-state index contributed by atoms with van der Waals surface area (Å²) in [5.41, 5.74) is 2.89. The molecule has 0 bridgehead atoms. The second-order valence-electron chi connectivity index (χ2n) is 7.71. The van der Waals surface area contributed by atoms with Gasteiger partial charge in [-0.2, -0.15) is 0 Å². The van der Waals surface area contributed by atoms with Gasteiger partial charge in [-0.25, -0.2) is 0 Å². The van der Waals surface area contributed by atoms with E-state index in [0.29, 0.717) is 5.56 Å². The van der Waals surface area contributed by atoms with Gasteiger partial charge in [0.1, 0.15) is 0 Å². The van der Waals surface area contributed by atoms with E-state index in [1.807, 2.05) is 0 Å². The van der Waals surface area contributed by atoms with Crippen molar-refractivity contribution in [2.24, 2.45) is 0 Å². The van der Waals surface area contributed by atoms with Crippen molar-refractivity contribution >= 4 is 11.6 Å². The van der Waals surface area contributed by atoms with Crippen LogP contribution in [0.5, 0.6) is 11.5 Å². The number of hydrogen-bond acceptors (Lipinski definition) is 6. The van der Waals surface area contributed by atoms with Gasteiger partial charge in [-0.05, 0) is 54.7 Å². The second-order valence-corrected chi connectivity index (χ2v) is 7.71. The number of nitrogens with zero attached hydrogens (tertiary/aromatic N) is 2. The number of nitrogens with one attached hydrogen (secondary N) is 1. The van der Waals surface area contributed by atoms with Gasteiger partial charge in [0.05, 0.1) is 19.1 Å². The first-order valence-electron chi connectivity index (χ1n) is 10.0. The van der Waals surface area contributed by atoms with Crippen LogP contribution in [-0.2, 0) is 6.42 Å². The fourth-order valence-corrected chi connectivity index (χ4v) is 4.47. The Bertz CT molecular complexity index is 960. The average Bonchev–Trinajstić information content (AvgIpc) is 2.77. The number of rotatable bonds is 5. The highest BCUT2D eigenvalue weighted by Crippen LogP contribution is 2.41. The predicted molar refractivity (Wildman–Crippen MR) is 111 cm³/mol. The highest BCUT2D eigenvalue weighted by atomic mass is 16.6. The van der Waals surface area contributed by atoms with E-state index in [0.717, 1.165) is 43.9 Å². The molecule has 2 aliphatic heterocycles. The van der Waals surface area contributed by atoms with E-state index in [-0.39, 0.29) is 23.7 Å². The Morgan fingerprint density at radius 3 is 2.50 bits per heavy atom. The molecule has 0 aromatic heterocycles. The summed E-state index contributed by atoms with van der Waals surface area (Å²) in [7, 11) is 3.28. The van der Waals surface area contributed by atoms with Crippen molar-refractivity contribution < 1.29 is 19.2 Å². The van der Waals surface area contributed by atoms with E-state index in [1.54, 1.807) is 14.2 Å². The van der Waals surface area contributed by atoms with Crippen LogP contribution in [0.25, 0.3) is 0 Å². The van der Waals surface area contributed by atoms with Crippen LogP contribution in [-0.4, -0.2) is 49.1 Å². The zero-order valence-corrected chi connectivity index (χ0v) is 17.1. The third kappa shape index (κ3) is 3.82. The molecule has 1 amide bonds. The third-order valence-electron chi connectivity index (χ3n) is 6.06. The highest BCUT2D eigenvalue weighted by Gasteiger charge is 2.35. The molecule has 1 saturated heterocycles. The number of carbonyl (C=O) groups excluding carboxylic acids is 1. The molecular weight excluding hydrogens is 386 g/mol. The second kappa shape index (κ2) is 8.31. The smallest absolute Gasteiger partial charge is 0.269 e. The Morgan fingerprint density at radius 1 is 1.13 bits per heavy atom. The highest BCUT2D eigenvalue weighted by molar-refractivity contribution is 5.94. The van der Waals surface area contributed by atoms with Crippen molar-refractivity contribution in [2.75, 3.05) is 27.3 Å². The van der Waals surface area contributed by atoms with Crippen LogP contribution in [0.3, 0.4) is 0 Å². The normalized spacial score (nSPS) is 20.6. The summed E-state index contributed by atoms with van der Waals surface area (Å²) in [4.78, 5) is 25.4. The molecule has 2 heterocycles. The number of ether oxygens (including phenoxy) is 2. The Hall–Kier alpha value is -3.13. The van der Waals surface area contributed by atoms with Crippen molar-refractivity contribution in [1.29, 1.82) is 0 Å². The number of piperidine rings is 1. The first kappa shape index (κ1) is 20.2. The predicted octanol–water partition coefficient (Wildman–Crippen LogP) is 3.10. The van der Waals surface area contributed by atoms with Gasteiger partial charge in [0.15, 0.2) is 11.5 Å². The molecule has 2 aliphatic rings. The number of methoxy groups -OCH3 is 2. The van der Waals surface area contributed by atoms with E-state index >= 15 is 0 Å². The van der Waals surface area contributed by atoms with Crippen molar-refractivity contribution in [3.63, 3.8) is 0 Å².